The first kappa shape index (κ1) is 16.5. The summed E-state index contributed by atoms with van der Waals surface area (Å²) in [6.07, 6.45) is 1.01. The molecule has 1 aromatic rings. The van der Waals surface area contributed by atoms with Crippen molar-refractivity contribution < 1.29 is 14.3 Å². The van der Waals surface area contributed by atoms with Crippen LogP contribution in [0.3, 0.4) is 0 Å². The lowest BCUT2D eigenvalue weighted by Gasteiger charge is -2.32. The second-order valence-electron chi connectivity index (χ2n) is 5.68. The van der Waals surface area contributed by atoms with E-state index in [0.717, 1.165) is 5.56 Å². The van der Waals surface area contributed by atoms with Crippen LogP contribution < -0.4 is 5.32 Å². The number of methoxy groups -OCH3 is 1. The normalized spacial score (nSPS) is 17.1. The molecule has 1 aromatic carbocycles. The number of rotatable bonds is 5. The van der Waals surface area contributed by atoms with Crippen LogP contribution in [0.1, 0.15) is 25.3 Å². The van der Waals surface area contributed by atoms with Crippen LogP contribution in [0.15, 0.2) is 30.3 Å². The maximum absolute atomic E-state index is 12.2. The van der Waals surface area contributed by atoms with Crippen molar-refractivity contribution >= 4 is 11.8 Å². The van der Waals surface area contributed by atoms with Crippen molar-refractivity contribution in [1.29, 1.82) is 0 Å². The first-order chi connectivity index (χ1) is 10.6. The summed E-state index contributed by atoms with van der Waals surface area (Å²) in [4.78, 5) is 26.0. The zero-order valence-electron chi connectivity index (χ0n) is 13.2. The topological polar surface area (TPSA) is 58.6 Å². The molecular weight excluding hydrogens is 280 g/mol. The summed E-state index contributed by atoms with van der Waals surface area (Å²) in [5.74, 6) is 0.0759. The van der Waals surface area contributed by atoms with Gasteiger partial charge >= 0.3 is 0 Å². The van der Waals surface area contributed by atoms with Gasteiger partial charge in [0.2, 0.25) is 5.91 Å². The molecule has 2 rings (SSSR count). The van der Waals surface area contributed by atoms with E-state index >= 15 is 0 Å². The fourth-order valence-electron chi connectivity index (χ4n) is 2.65. The van der Waals surface area contributed by atoms with Gasteiger partial charge in [0.1, 0.15) is 6.10 Å². The van der Waals surface area contributed by atoms with E-state index in [1.54, 1.807) is 11.8 Å². The van der Waals surface area contributed by atoms with Crippen LogP contribution in [0.2, 0.25) is 0 Å². The van der Waals surface area contributed by atoms with E-state index < -0.39 is 6.10 Å². The van der Waals surface area contributed by atoms with Crippen molar-refractivity contribution in [3.8, 4) is 0 Å². The second kappa shape index (κ2) is 7.94. The molecule has 1 N–H and O–H groups in total. The molecule has 1 aliphatic heterocycles. The standard InChI is InChI=1S/C17H24N2O3/c1-13(22-2)17(21)19-10-8-15(9-11-19)16(20)18-12-14-6-4-3-5-7-14/h3-7,13,15H,8-12H2,1-2H3,(H,18,20). The fraction of sp³-hybridized carbons (Fsp3) is 0.529. The van der Waals surface area contributed by atoms with E-state index in [0.29, 0.717) is 32.5 Å². The number of nitrogens with one attached hydrogen (secondary N) is 1. The number of piperidine rings is 1. The van der Waals surface area contributed by atoms with Crippen molar-refractivity contribution in [2.24, 2.45) is 5.92 Å². The van der Waals surface area contributed by atoms with Crippen LogP contribution in [0.25, 0.3) is 0 Å². The summed E-state index contributed by atoms with van der Waals surface area (Å²) in [7, 11) is 1.53. The average Bonchev–Trinajstić information content (AvgIpc) is 2.59. The fourth-order valence-corrected chi connectivity index (χ4v) is 2.65. The highest BCUT2D eigenvalue weighted by Gasteiger charge is 2.29. The van der Waals surface area contributed by atoms with Crippen LogP contribution in [0.5, 0.6) is 0 Å². The predicted octanol–water partition coefficient (Wildman–Crippen LogP) is 1.58. The van der Waals surface area contributed by atoms with Crippen LogP contribution in [-0.4, -0.2) is 43.0 Å². The molecule has 1 atom stereocenters. The van der Waals surface area contributed by atoms with Crippen LogP contribution in [0, 0.1) is 5.92 Å². The first-order valence-electron chi connectivity index (χ1n) is 7.75. The highest BCUT2D eigenvalue weighted by atomic mass is 16.5. The summed E-state index contributed by atoms with van der Waals surface area (Å²) >= 11 is 0. The van der Waals surface area contributed by atoms with Crippen molar-refractivity contribution in [3.63, 3.8) is 0 Å². The van der Waals surface area contributed by atoms with Crippen molar-refractivity contribution in [2.45, 2.75) is 32.4 Å². The summed E-state index contributed by atoms with van der Waals surface area (Å²) in [5.41, 5.74) is 1.09. The molecule has 1 unspecified atom stereocenters. The summed E-state index contributed by atoms with van der Waals surface area (Å²) in [6, 6.07) is 9.87. The lowest BCUT2D eigenvalue weighted by Crippen LogP contribution is -2.46. The van der Waals surface area contributed by atoms with Crippen molar-refractivity contribution in [1.82, 2.24) is 10.2 Å². The molecule has 22 heavy (non-hydrogen) atoms. The highest BCUT2D eigenvalue weighted by Crippen LogP contribution is 2.18. The Morgan fingerprint density at radius 3 is 2.50 bits per heavy atom. The highest BCUT2D eigenvalue weighted by molar-refractivity contribution is 5.82. The molecule has 1 heterocycles. The summed E-state index contributed by atoms with van der Waals surface area (Å²) < 4.78 is 5.06. The van der Waals surface area contributed by atoms with Gasteiger partial charge in [0, 0.05) is 32.7 Å². The maximum Gasteiger partial charge on any atom is 0.251 e. The van der Waals surface area contributed by atoms with Gasteiger partial charge in [-0.05, 0) is 25.3 Å². The van der Waals surface area contributed by atoms with Crippen LogP contribution in [-0.2, 0) is 20.9 Å². The minimum absolute atomic E-state index is 0.00523. The molecule has 5 nitrogen and oxygen atoms in total. The Balaban J connectivity index is 1.76. The SMILES string of the molecule is COC(C)C(=O)N1CCC(C(=O)NCc2ccccc2)CC1. The quantitative estimate of drug-likeness (QED) is 0.898. The maximum atomic E-state index is 12.2. The Kier molecular flexibility index (Phi) is 5.95. The van der Waals surface area contributed by atoms with Crippen LogP contribution in [0.4, 0.5) is 0 Å². The number of amides is 2. The Labute approximate surface area is 131 Å². The van der Waals surface area contributed by atoms with E-state index in [1.165, 1.54) is 7.11 Å². The van der Waals surface area contributed by atoms with E-state index in [4.69, 9.17) is 4.74 Å². The number of carbonyl (C=O) groups is 2. The Morgan fingerprint density at radius 2 is 1.91 bits per heavy atom. The number of ether oxygens (including phenoxy) is 1. The molecule has 1 saturated heterocycles. The van der Waals surface area contributed by atoms with Gasteiger partial charge in [-0.2, -0.15) is 0 Å². The van der Waals surface area contributed by atoms with Gasteiger partial charge in [0.25, 0.3) is 5.91 Å². The molecular formula is C17H24N2O3. The molecule has 120 valence electrons. The molecule has 0 aliphatic carbocycles. The molecule has 0 spiro atoms. The third-order valence-corrected chi connectivity index (χ3v) is 4.19. The lowest BCUT2D eigenvalue weighted by atomic mass is 9.95. The van der Waals surface area contributed by atoms with Gasteiger partial charge in [-0.3, -0.25) is 9.59 Å². The van der Waals surface area contributed by atoms with Gasteiger partial charge in [0.15, 0.2) is 0 Å². The van der Waals surface area contributed by atoms with Gasteiger partial charge in [0.05, 0.1) is 0 Å². The van der Waals surface area contributed by atoms with Gasteiger partial charge in [-0.1, -0.05) is 30.3 Å². The van der Waals surface area contributed by atoms with E-state index in [2.05, 4.69) is 5.32 Å². The smallest absolute Gasteiger partial charge is 0.251 e. The minimum atomic E-state index is -0.413. The monoisotopic (exact) mass is 304 g/mol. The Hall–Kier alpha value is -1.88. The average molecular weight is 304 g/mol. The molecule has 0 bridgehead atoms. The Bertz CT molecular complexity index is 496. The number of carbonyl (C=O) groups excluding carboxylic acids is 2. The van der Waals surface area contributed by atoms with Crippen molar-refractivity contribution in [2.75, 3.05) is 20.2 Å². The number of benzene rings is 1. The summed E-state index contributed by atoms with van der Waals surface area (Å²) in [5, 5.41) is 2.98. The molecule has 5 heteroatoms. The zero-order chi connectivity index (χ0) is 15.9. The van der Waals surface area contributed by atoms with E-state index in [1.807, 2.05) is 30.3 Å². The molecule has 0 saturated carbocycles. The van der Waals surface area contributed by atoms with Gasteiger partial charge < -0.3 is 15.0 Å². The third-order valence-electron chi connectivity index (χ3n) is 4.19. The lowest BCUT2D eigenvalue weighted by molar-refractivity contribution is -0.143. The van der Waals surface area contributed by atoms with Crippen LogP contribution >= 0.6 is 0 Å². The molecule has 1 fully saturated rings. The van der Waals surface area contributed by atoms with E-state index in [9.17, 15) is 9.59 Å². The van der Waals surface area contributed by atoms with E-state index in [-0.39, 0.29) is 17.7 Å². The predicted molar refractivity (Wildman–Crippen MR) is 84.1 cm³/mol. The summed E-state index contributed by atoms with van der Waals surface area (Å²) in [6.45, 7) is 3.55. The number of hydrogen-bond donors (Lipinski definition) is 1. The minimum Gasteiger partial charge on any atom is -0.372 e. The van der Waals surface area contributed by atoms with Gasteiger partial charge in [-0.15, -0.1) is 0 Å². The van der Waals surface area contributed by atoms with Crippen molar-refractivity contribution in [3.05, 3.63) is 35.9 Å². The largest absolute Gasteiger partial charge is 0.372 e. The molecule has 0 aromatic heterocycles. The molecule has 2 amide bonds. The number of likely N-dealkylation sites (tertiary alicyclic amines) is 1. The number of nitrogens with zero attached hydrogens (tertiary/aromatic N) is 1. The zero-order valence-corrected chi connectivity index (χ0v) is 13.2. The first-order valence-corrected chi connectivity index (χ1v) is 7.75. The third kappa shape index (κ3) is 4.31. The second-order valence-corrected chi connectivity index (χ2v) is 5.68. The van der Waals surface area contributed by atoms with Gasteiger partial charge in [-0.25, -0.2) is 0 Å². The number of hydrogen-bond acceptors (Lipinski definition) is 3. The molecule has 1 aliphatic rings. The Morgan fingerprint density at radius 1 is 1.27 bits per heavy atom. The molecule has 0 radical (unpaired) electrons.